The van der Waals surface area contributed by atoms with E-state index in [2.05, 4.69) is 9.97 Å². The van der Waals surface area contributed by atoms with Crippen molar-refractivity contribution in [1.82, 2.24) is 14.9 Å². The normalized spacial score (nSPS) is 13.5. The van der Waals surface area contributed by atoms with E-state index >= 15 is 0 Å². The summed E-state index contributed by atoms with van der Waals surface area (Å²) in [4.78, 5) is 44.8. The van der Waals surface area contributed by atoms with Gasteiger partial charge in [0.2, 0.25) is 0 Å². The van der Waals surface area contributed by atoms with Crippen molar-refractivity contribution in [3.63, 3.8) is 0 Å². The Labute approximate surface area is 142 Å². The van der Waals surface area contributed by atoms with E-state index in [0.717, 1.165) is 0 Å². The molecule has 1 aromatic carbocycles. The zero-order chi connectivity index (χ0) is 17.6. The highest BCUT2D eigenvalue weighted by Gasteiger charge is 2.34. The third kappa shape index (κ3) is 2.37. The molecule has 0 saturated heterocycles. The van der Waals surface area contributed by atoms with Crippen LogP contribution in [0, 0.1) is 0 Å². The maximum Gasteiger partial charge on any atom is 0.261 e. The number of imide groups is 1. The van der Waals surface area contributed by atoms with Crippen molar-refractivity contribution in [2.75, 3.05) is 12.3 Å². The van der Waals surface area contributed by atoms with Gasteiger partial charge in [-0.05, 0) is 29.7 Å². The first-order valence-electron chi connectivity index (χ1n) is 7.78. The molecule has 0 unspecified atom stereocenters. The molecule has 124 valence electrons. The Bertz CT molecular complexity index is 1050. The fraction of sp³-hybridized carbons (Fsp3) is 0.111. The van der Waals surface area contributed by atoms with E-state index in [1.165, 1.54) is 11.1 Å². The summed E-state index contributed by atoms with van der Waals surface area (Å²) in [5, 5.41) is 1.01. The molecule has 0 atom stereocenters. The minimum absolute atomic E-state index is 0.172. The molecule has 7 nitrogen and oxygen atoms in total. The van der Waals surface area contributed by atoms with Gasteiger partial charge in [0, 0.05) is 24.9 Å². The monoisotopic (exact) mass is 334 g/mol. The predicted molar refractivity (Wildman–Crippen MR) is 92.3 cm³/mol. The van der Waals surface area contributed by atoms with Gasteiger partial charge in [-0.25, -0.2) is 4.98 Å². The number of aromatic nitrogens is 2. The highest BCUT2D eigenvalue weighted by atomic mass is 16.2. The van der Waals surface area contributed by atoms with Crippen LogP contribution in [-0.2, 0) is 6.42 Å². The minimum Gasteiger partial charge on any atom is -0.383 e. The molecule has 2 amide bonds. The number of carbonyl (C=O) groups excluding carboxylic acids is 2. The number of hydrogen-bond acceptors (Lipinski definition) is 5. The van der Waals surface area contributed by atoms with Crippen molar-refractivity contribution < 1.29 is 9.59 Å². The lowest BCUT2D eigenvalue weighted by Gasteiger charge is -2.13. The number of pyridine rings is 2. The predicted octanol–water partition coefficient (Wildman–Crippen LogP) is 1.34. The SMILES string of the molecule is Nc1nccc2cc(CCN3C(=O)c4ccccc4C3=O)[nH]c(=O)c12. The zero-order valence-corrected chi connectivity index (χ0v) is 13.2. The number of benzene rings is 1. The van der Waals surface area contributed by atoms with E-state index in [0.29, 0.717) is 34.0 Å². The van der Waals surface area contributed by atoms with E-state index < -0.39 is 0 Å². The highest BCUT2D eigenvalue weighted by molar-refractivity contribution is 6.21. The van der Waals surface area contributed by atoms with Crippen molar-refractivity contribution in [2.45, 2.75) is 6.42 Å². The number of nitrogen functional groups attached to an aromatic ring is 1. The molecule has 0 fully saturated rings. The lowest BCUT2D eigenvalue weighted by Crippen LogP contribution is -2.32. The molecule has 0 saturated carbocycles. The van der Waals surface area contributed by atoms with Crippen LogP contribution in [0.25, 0.3) is 10.8 Å². The molecular weight excluding hydrogens is 320 g/mol. The summed E-state index contributed by atoms with van der Waals surface area (Å²) in [7, 11) is 0. The van der Waals surface area contributed by atoms with E-state index in [4.69, 9.17) is 5.73 Å². The molecule has 0 aliphatic carbocycles. The molecule has 25 heavy (non-hydrogen) atoms. The Morgan fingerprint density at radius 3 is 2.40 bits per heavy atom. The first-order valence-corrected chi connectivity index (χ1v) is 7.78. The summed E-state index contributed by atoms with van der Waals surface area (Å²) in [6, 6.07) is 10.2. The number of nitrogens with zero attached hydrogens (tertiary/aromatic N) is 2. The van der Waals surface area contributed by atoms with Crippen molar-refractivity contribution in [1.29, 1.82) is 0 Å². The molecule has 3 N–H and O–H groups in total. The molecular formula is C18H14N4O3. The Hall–Kier alpha value is -3.48. The Kier molecular flexibility index (Phi) is 3.35. The quantitative estimate of drug-likeness (QED) is 0.703. The minimum atomic E-state index is -0.333. The molecule has 0 spiro atoms. The highest BCUT2D eigenvalue weighted by Crippen LogP contribution is 2.22. The van der Waals surface area contributed by atoms with Gasteiger partial charge in [0.15, 0.2) is 0 Å². The van der Waals surface area contributed by atoms with Crippen molar-refractivity contribution in [3.05, 3.63) is 69.8 Å². The van der Waals surface area contributed by atoms with Gasteiger partial charge in [0.1, 0.15) is 5.82 Å². The van der Waals surface area contributed by atoms with Crippen LogP contribution in [0.15, 0.2) is 47.4 Å². The largest absolute Gasteiger partial charge is 0.383 e. The topological polar surface area (TPSA) is 109 Å². The Balaban J connectivity index is 1.61. The first-order chi connectivity index (χ1) is 12.1. The molecule has 3 heterocycles. The number of rotatable bonds is 3. The summed E-state index contributed by atoms with van der Waals surface area (Å²) in [5.74, 6) is -0.444. The third-order valence-corrected chi connectivity index (χ3v) is 4.33. The van der Waals surface area contributed by atoms with E-state index in [1.807, 2.05) is 0 Å². The van der Waals surface area contributed by atoms with Crippen molar-refractivity contribution in [3.8, 4) is 0 Å². The smallest absolute Gasteiger partial charge is 0.261 e. The Morgan fingerprint density at radius 2 is 1.72 bits per heavy atom. The molecule has 3 aromatic rings. The second-order valence-electron chi connectivity index (χ2n) is 5.84. The first kappa shape index (κ1) is 15.1. The molecule has 4 rings (SSSR count). The summed E-state index contributed by atoms with van der Waals surface area (Å²) in [6.07, 6.45) is 1.88. The number of fused-ring (bicyclic) bond motifs is 2. The number of carbonyl (C=O) groups is 2. The van der Waals surface area contributed by atoms with E-state index in [1.54, 1.807) is 36.4 Å². The van der Waals surface area contributed by atoms with Gasteiger partial charge in [-0.15, -0.1) is 0 Å². The number of H-pyrrole nitrogens is 1. The second kappa shape index (κ2) is 5.55. The van der Waals surface area contributed by atoms with Crippen LogP contribution in [0.4, 0.5) is 5.82 Å². The van der Waals surface area contributed by atoms with E-state index in [9.17, 15) is 14.4 Å². The maximum absolute atomic E-state index is 12.4. The fourth-order valence-corrected chi connectivity index (χ4v) is 3.10. The van der Waals surface area contributed by atoms with Gasteiger partial charge in [0.05, 0.1) is 16.5 Å². The van der Waals surface area contributed by atoms with Gasteiger partial charge in [-0.2, -0.15) is 0 Å². The zero-order valence-electron chi connectivity index (χ0n) is 13.2. The van der Waals surface area contributed by atoms with E-state index in [-0.39, 0.29) is 29.7 Å². The number of hydrogen-bond donors (Lipinski definition) is 2. The standard InChI is InChI=1S/C18H14N4O3/c19-15-14-10(5-7-20-15)9-11(21-16(14)23)6-8-22-17(24)12-3-1-2-4-13(12)18(22)25/h1-5,7,9H,6,8H2,(H2,19,20)(H,21,23). The summed E-state index contributed by atoms with van der Waals surface area (Å²) >= 11 is 0. The average Bonchev–Trinajstić information content (AvgIpc) is 2.84. The molecule has 7 heteroatoms. The Morgan fingerprint density at radius 1 is 1.04 bits per heavy atom. The van der Waals surface area contributed by atoms with Crippen LogP contribution in [-0.4, -0.2) is 33.2 Å². The maximum atomic E-state index is 12.4. The molecule has 2 aromatic heterocycles. The van der Waals surface area contributed by atoms with Crippen molar-refractivity contribution in [2.24, 2.45) is 0 Å². The third-order valence-electron chi connectivity index (χ3n) is 4.33. The number of aromatic amines is 1. The number of anilines is 1. The van der Waals surface area contributed by atoms with Crippen LogP contribution >= 0.6 is 0 Å². The average molecular weight is 334 g/mol. The van der Waals surface area contributed by atoms with Gasteiger partial charge in [-0.1, -0.05) is 12.1 Å². The fourth-order valence-electron chi connectivity index (χ4n) is 3.10. The molecule has 0 radical (unpaired) electrons. The lowest BCUT2D eigenvalue weighted by molar-refractivity contribution is 0.0656. The van der Waals surface area contributed by atoms with Crippen LogP contribution in [0.5, 0.6) is 0 Å². The van der Waals surface area contributed by atoms with Crippen LogP contribution in [0.3, 0.4) is 0 Å². The number of nitrogens with one attached hydrogen (secondary N) is 1. The lowest BCUT2D eigenvalue weighted by atomic mass is 10.1. The summed E-state index contributed by atoms with van der Waals surface area (Å²) in [6.45, 7) is 0.189. The molecule has 1 aliphatic heterocycles. The molecule has 1 aliphatic rings. The summed E-state index contributed by atoms with van der Waals surface area (Å²) < 4.78 is 0. The molecule has 0 bridgehead atoms. The van der Waals surface area contributed by atoms with Gasteiger partial charge in [-0.3, -0.25) is 19.3 Å². The number of nitrogens with two attached hydrogens (primary N) is 1. The van der Waals surface area contributed by atoms with Gasteiger partial charge < -0.3 is 10.7 Å². The van der Waals surface area contributed by atoms with Crippen molar-refractivity contribution >= 4 is 28.4 Å². The van der Waals surface area contributed by atoms with Crippen LogP contribution in [0.1, 0.15) is 26.4 Å². The summed E-state index contributed by atoms with van der Waals surface area (Å²) in [5.41, 5.74) is 6.86. The number of amides is 2. The van der Waals surface area contributed by atoms with Crippen LogP contribution in [0.2, 0.25) is 0 Å². The second-order valence-corrected chi connectivity index (χ2v) is 5.84. The van der Waals surface area contributed by atoms with Gasteiger partial charge >= 0.3 is 0 Å². The van der Waals surface area contributed by atoms with Gasteiger partial charge in [0.25, 0.3) is 17.4 Å². The van der Waals surface area contributed by atoms with Crippen LogP contribution < -0.4 is 11.3 Å².